The van der Waals surface area contributed by atoms with Crippen LogP contribution in [0.5, 0.6) is 5.75 Å². The van der Waals surface area contributed by atoms with Crippen molar-refractivity contribution in [3.63, 3.8) is 0 Å². The molecule has 2 heterocycles. The molecule has 0 fully saturated rings. The van der Waals surface area contributed by atoms with Crippen LogP contribution >= 0.6 is 11.6 Å². The third-order valence-corrected chi connectivity index (χ3v) is 5.21. The lowest BCUT2D eigenvalue weighted by Gasteiger charge is -2.14. The number of carboxylic acids is 1. The zero-order chi connectivity index (χ0) is 24.2. The van der Waals surface area contributed by atoms with E-state index in [1.54, 1.807) is 24.3 Å². The molecule has 0 spiro atoms. The Hall–Kier alpha value is -4.73. The van der Waals surface area contributed by atoms with Gasteiger partial charge in [-0.3, -0.25) is 9.36 Å². The molecule has 34 heavy (non-hydrogen) atoms. The Labute approximate surface area is 197 Å². The number of fused-ring (bicyclic) bond motifs is 1. The van der Waals surface area contributed by atoms with E-state index in [-0.39, 0.29) is 40.9 Å². The summed E-state index contributed by atoms with van der Waals surface area (Å²) in [5.74, 6) is -0.769. The number of aromatic nitrogens is 3. The molecule has 0 aliphatic carbocycles. The number of nitrogens with zero attached hydrogens (tertiary/aromatic N) is 5. The Balaban J connectivity index is 1.63. The fourth-order valence-corrected chi connectivity index (χ4v) is 3.53. The Morgan fingerprint density at radius 3 is 2.68 bits per heavy atom. The summed E-state index contributed by atoms with van der Waals surface area (Å²) in [5.41, 5.74) is 1.26. The third-order valence-electron chi connectivity index (χ3n) is 4.98. The van der Waals surface area contributed by atoms with Crippen LogP contribution in [0.2, 0.25) is 5.02 Å². The van der Waals surface area contributed by atoms with Gasteiger partial charge in [0.05, 0.1) is 47.2 Å². The maximum absolute atomic E-state index is 12.8. The number of carbonyl (C=O) groups is 1. The van der Waals surface area contributed by atoms with Gasteiger partial charge in [-0.15, -0.1) is 0 Å². The molecule has 166 valence electrons. The van der Waals surface area contributed by atoms with Gasteiger partial charge in [0.1, 0.15) is 24.1 Å². The molecule has 0 saturated carbocycles. The summed E-state index contributed by atoms with van der Waals surface area (Å²) in [7, 11) is 0. The normalized spacial score (nSPS) is 10.4. The molecule has 4 aromatic rings. The standard InChI is InChI=1S/C24H14ClN5O4/c25-17-1-2-22(19(8-17)15-5-14(10-26)6-16(7-15)24(32)33)34-4-3-30-13-29-21-12-28-18(11-27)9-20(21)23(30)31/h1-2,5-9,12-13H,3-4H2,(H,32,33). The lowest BCUT2D eigenvalue weighted by Crippen LogP contribution is -2.23. The summed E-state index contributed by atoms with van der Waals surface area (Å²) < 4.78 is 7.25. The predicted octanol–water partition coefficient (Wildman–Crippen LogP) is 3.63. The van der Waals surface area contributed by atoms with Crippen molar-refractivity contribution < 1.29 is 14.6 Å². The fourth-order valence-electron chi connectivity index (χ4n) is 3.36. The number of ether oxygens (including phenoxy) is 1. The smallest absolute Gasteiger partial charge is 0.335 e. The zero-order valence-electron chi connectivity index (χ0n) is 17.4. The van der Waals surface area contributed by atoms with Crippen LogP contribution in [0.4, 0.5) is 0 Å². The van der Waals surface area contributed by atoms with Crippen LogP contribution in [0.3, 0.4) is 0 Å². The minimum absolute atomic E-state index is 0.0417. The van der Waals surface area contributed by atoms with Gasteiger partial charge >= 0.3 is 5.97 Å². The van der Waals surface area contributed by atoms with Crippen molar-refractivity contribution in [2.24, 2.45) is 0 Å². The summed E-state index contributed by atoms with van der Waals surface area (Å²) in [6.07, 6.45) is 2.75. The van der Waals surface area contributed by atoms with Crippen LogP contribution in [0.15, 0.2) is 59.8 Å². The molecule has 1 N–H and O–H groups in total. The molecular weight excluding hydrogens is 458 g/mol. The Morgan fingerprint density at radius 1 is 1.12 bits per heavy atom. The van der Waals surface area contributed by atoms with Gasteiger partial charge in [0.25, 0.3) is 5.56 Å². The molecule has 2 aromatic heterocycles. The van der Waals surface area contributed by atoms with Crippen molar-refractivity contribution in [1.82, 2.24) is 14.5 Å². The van der Waals surface area contributed by atoms with Gasteiger partial charge in [-0.05, 0) is 48.0 Å². The molecule has 9 nitrogen and oxygen atoms in total. The van der Waals surface area contributed by atoms with E-state index in [4.69, 9.17) is 21.6 Å². The molecule has 0 aliphatic rings. The Kier molecular flexibility index (Phi) is 6.22. The topological polar surface area (TPSA) is 142 Å². The maximum atomic E-state index is 12.8. The van der Waals surface area contributed by atoms with Gasteiger partial charge in [-0.25, -0.2) is 14.8 Å². The monoisotopic (exact) mass is 471 g/mol. The number of carboxylic acid groups (broad SMARTS) is 1. The molecule has 0 atom stereocenters. The highest BCUT2D eigenvalue weighted by Gasteiger charge is 2.13. The molecule has 0 aliphatic heterocycles. The first kappa shape index (κ1) is 22.5. The summed E-state index contributed by atoms with van der Waals surface area (Å²) in [5, 5.41) is 28.4. The van der Waals surface area contributed by atoms with E-state index in [1.807, 2.05) is 12.1 Å². The van der Waals surface area contributed by atoms with Gasteiger partial charge in [0.2, 0.25) is 0 Å². The fraction of sp³-hybridized carbons (Fsp3) is 0.0833. The lowest BCUT2D eigenvalue weighted by atomic mass is 9.99. The van der Waals surface area contributed by atoms with E-state index in [1.165, 1.54) is 35.3 Å². The number of rotatable bonds is 6. The van der Waals surface area contributed by atoms with Crippen molar-refractivity contribution in [2.75, 3.05) is 6.61 Å². The minimum atomic E-state index is -1.17. The molecule has 0 saturated heterocycles. The first-order chi connectivity index (χ1) is 16.4. The van der Waals surface area contributed by atoms with Crippen molar-refractivity contribution in [1.29, 1.82) is 10.5 Å². The van der Waals surface area contributed by atoms with Crippen LogP contribution < -0.4 is 10.3 Å². The van der Waals surface area contributed by atoms with Crippen LogP contribution in [0.1, 0.15) is 21.6 Å². The van der Waals surface area contributed by atoms with Crippen molar-refractivity contribution in [3.05, 3.63) is 87.2 Å². The summed E-state index contributed by atoms with van der Waals surface area (Å²) in [6, 6.07) is 14.4. The van der Waals surface area contributed by atoms with E-state index in [9.17, 15) is 20.0 Å². The Morgan fingerprint density at radius 2 is 1.94 bits per heavy atom. The van der Waals surface area contributed by atoms with Crippen molar-refractivity contribution >= 4 is 28.5 Å². The first-order valence-corrected chi connectivity index (χ1v) is 10.2. The largest absolute Gasteiger partial charge is 0.491 e. The van der Waals surface area contributed by atoms with E-state index < -0.39 is 5.97 Å². The number of pyridine rings is 1. The number of aromatic carboxylic acids is 1. The SMILES string of the molecule is N#Cc1cc(C(=O)O)cc(-c2cc(Cl)ccc2OCCn2cnc3cnc(C#N)cc3c2=O)c1. The number of nitriles is 2. The molecular formula is C24H14ClN5O4. The highest BCUT2D eigenvalue weighted by atomic mass is 35.5. The quantitative estimate of drug-likeness (QED) is 0.449. The van der Waals surface area contributed by atoms with Crippen LogP contribution in [0, 0.1) is 22.7 Å². The molecule has 0 unspecified atom stereocenters. The van der Waals surface area contributed by atoms with Gasteiger partial charge in [0.15, 0.2) is 0 Å². The van der Waals surface area contributed by atoms with Crippen LogP contribution in [0.25, 0.3) is 22.0 Å². The van der Waals surface area contributed by atoms with Crippen LogP contribution in [-0.4, -0.2) is 32.2 Å². The number of hydrogen-bond donors (Lipinski definition) is 1. The maximum Gasteiger partial charge on any atom is 0.335 e. The summed E-state index contributed by atoms with van der Waals surface area (Å²) in [6.45, 7) is 0.244. The van der Waals surface area contributed by atoms with Gasteiger partial charge in [0, 0.05) is 10.6 Å². The Bertz CT molecular complexity index is 1580. The molecule has 4 rings (SSSR count). The lowest BCUT2D eigenvalue weighted by molar-refractivity contribution is 0.0697. The summed E-state index contributed by atoms with van der Waals surface area (Å²) in [4.78, 5) is 32.3. The second kappa shape index (κ2) is 9.41. The second-order valence-corrected chi connectivity index (χ2v) is 7.58. The van der Waals surface area contributed by atoms with Gasteiger partial charge in [-0.2, -0.15) is 10.5 Å². The minimum Gasteiger partial charge on any atom is -0.491 e. The average Bonchev–Trinajstić information content (AvgIpc) is 2.85. The number of halogens is 1. The first-order valence-electron chi connectivity index (χ1n) is 9.86. The molecule has 0 bridgehead atoms. The molecule has 2 aromatic carbocycles. The zero-order valence-corrected chi connectivity index (χ0v) is 18.2. The average molecular weight is 472 g/mol. The van der Waals surface area contributed by atoms with E-state index >= 15 is 0 Å². The molecule has 0 amide bonds. The third kappa shape index (κ3) is 4.56. The second-order valence-electron chi connectivity index (χ2n) is 7.15. The van der Waals surface area contributed by atoms with E-state index in [0.717, 1.165) is 0 Å². The van der Waals surface area contributed by atoms with E-state index in [2.05, 4.69) is 9.97 Å². The summed E-state index contributed by atoms with van der Waals surface area (Å²) >= 11 is 6.16. The predicted molar refractivity (Wildman–Crippen MR) is 123 cm³/mol. The van der Waals surface area contributed by atoms with Gasteiger partial charge in [-0.1, -0.05) is 11.6 Å². The van der Waals surface area contributed by atoms with Crippen molar-refractivity contribution in [2.45, 2.75) is 6.54 Å². The van der Waals surface area contributed by atoms with Crippen LogP contribution in [-0.2, 0) is 6.54 Å². The molecule has 0 radical (unpaired) electrons. The van der Waals surface area contributed by atoms with Crippen molar-refractivity contribution in [3.8, 4) is 29.0 Å². The highest BCUT2D eigenvalue weighted by Crippen LogP contribution is 2.34. The highest BCUT2D eigenvalue weighted by molar-refractivity contribution is 6.31. The van der Waals surface area contributed by atoms with E-state index in [0.29, 0.717) is 27.4 Å². The van der Waals surface area contributed by atoms with Gasteiger partial charge < -0.3 is 9.84 Å². The number of hydrogen-bond acceptors (Lipinski definition) is 7. The molecule has 10 heteroatoms. The number of benzene rings is 2.